The molecule has 0 spiro atoms. The third-order valence-corrected chi connectivity index (χ3v) is 4.60. The molecule has 0 fully saturated rings. The number of esters is 2. The zero-order valence-electron chi connectivity index (χ0n) is 13.9. The van der Waals surface area contributed by atoms with Crippen LogP contribution in [0.2, 0.25) is 5.02 Å². The van der Waals surface area contributed by atoms with Crippen molar-refractivity contribution in [3.63, 3.8) is 0 Å². The van der Waals surface area contributed by atoms with Crippen molar-refractivity contribution in [3.8, 4) is 0 Å². The maximum Gasteiger partial charge on any atom is 0.417 e. The van der Waals surface area contributed by atoms with Crippen molar-refractivity contribution in [3.05, 3.63) is 45.7 Å². The van der Waals surface area contributed by atoms with Gasteiger partial charge in [0.1, 0.15) is 5.76 Å². The van der Waals surface area contributed by atoms with E-state index < -0.39 is 46.3 Å². The van der Waals surface area contributed by atoms with Crippen molar-refractivity contribution in [2.24, 2.45) is 5.92 Å². The van der Waals surface area contributed by atoms with Gasteiger partial charge in [-0.05, 0) is 30.5 Å². The molecule has 9 heteroatoms. The van der Waals surface area contributed by atoms with E-state index in [4.69, 9.17) is 11.6 Å². The topological polar surface area (TPSA) is 72.8 Å². The molecule has 1 N–H and O–H groups in total. The molecule has 0 amide bonds. The summed E-state index contributed by atoms with van der Waals surface area (Å²) in [6.07, 6.45) is -4.83. The second-order valence-corrected chi connectivity index (χ2v) is 6.21. The molecule has 5 nitrogen and oxygen atoms in total. The van der Waals surface area contributed by atoms with Gasteiger partial charge in [0.2, 0.25) is 0 Å². The van der Waals surface area contributed by atoms with E-state index in [0.717, 1.165) is 26.4 Å². The summed E-state index contributed by atoms with van der Waals surface area (Å²) in [4.78, 5) is 23.8. The standard InChI is InChI=1S/C17H16ClF3O5/c1-25-15(23)9-5-10(14(22)11(6-9)16(24)26-2)8-3-4-13(18)12(7-8)17(19,20)21/h3-4,7,9-10,22H,5-6H2,1-2H3. The molecule has 0 bridgehead atoms. The molecule has 0 saturated heterocycles. The Kier molecular flexibility index (Phi) is 5.85. The average molecular weight is 393 g/mol. The molecule has 0 heterocycles. The highest BCUT2D eigenvalue weighted by atomic mass is 35.5. The molecule has 26 heavy (non-hydrogen) atoms. The van der Waals surface area contributed by atoms with Crippen LogP contribution in [0.15, 0.2) is 29.5 Å². The summed E-state index contributed by atoms with van der Waals surface area (Å²) in [5, 5.41) is 9.94. The summed E-state index contributed by atoms with van der Waals surface area (Å²) in [5.74, 6) is -3.71. The first kappa shape index (κ1) is 20.1. The first-order valence-corrected chi connectivity index (χ1v) is 7.92. The molecule has 1 aliphatic rings. The predicted octanol–water partition coefficient (Wildman–Crippen LogP) is 4.01. The summed E-state index contributed by atoms with van der Waals surface area (Å²) < 4.78 is 48.6. The number of hydrogen-bond acceptors (Lipinski definition) is 5. The molecule has 2 rings (SSSR count). The third-order valence-electron chi connectivity index (χ3n) is 4.27. The van der Waals surface area contributed by atoms with Crippen molar-refractivity contribution < 1.29 is 37.3 Å². The van der Waals surface area contributed by atoms with Crippen LogP contribution in [0.4, 0.5) is 13.2 Å². The number of carbonyl (C=O) groups is 2. The van der Waals surface area contributed by atoms with Crippen LogP contribution in [-0.2, 0) is 25.2 Å². The van der Waals surface area contributed by atoms with Crippen LogP contribution in [0.5, 0.6) is 0 Å². The first-order chi connectivity index (χ1) is 12.1. The van der Waals surface area contributed by atoms with Crippen molar-refractivity contribution in [1.82, 2.24) is 0 Å². The molecule has 1 aromatic rings. The Morgan fingerprint density at radius 2 is 1.88 bits per heavy atom. The average Bonchev–Trinajstić information content (AvgIpc) is 2.60. The van der Waals surface area contributed by atoms with E-state index in [-0.39, 0.29) is 24.0 Å². The fourth-order valence-corrected chi connectivity index (χ4v) is 3.19. The minimum absolute atomic E-state index is 0.0159. The zero-order chi connectivity index (χ0) is 19.6. The Morgan fingerprint density at radius 1 is 1.23 bits per heavy atom. The summed E-state index contributed by atoms with van der Waals surface area (Å²) >= 11 is 5.62. The number of halogens is 4. The third kappa shape index (κ3) is 3.95. The highest BCUT2D eigenvalue weighted by molar-refractivity contribution is 6.31. The normalized spacial score (nSPS) is 20.7. The van der Waals surface area contributed by atoms with E-state index >= 15 is 0 Å². The van der Waals surface area contributed by atoms with Crippen LogP contribution in [-0.4, -0.2) is 31.3 Å². The van der Waals surface area contributed by atoms with E-state index in [1.165, 1.54) is 6.07 Å². The number of methoxy groups -OCH3 is 2. The fraction of sp³-hybridized carbons (Fsp3) is 0.412. The van der Waals surface area contributed by atoms with Crippen molar-refractivity contribution in [2.75, 3.05) is 14.2 Å². The summed E-state index contributed by atoms with van der Waals surface area (Å²) in [5.41, 5.74) is -1.15. The molecule has 0 radical (unpaired) electrons. The Hall–Kier alpha value is -2.22. The smallest absolute Gasteiger partial charge is 0.417 e. The SMILES string of the molecule is COC(=O)C1=C(O)C(c2ccc(Cl)c(C(F)(F)F)c2)CC(C(=O)OC)C1. The Bertz CT molecular complexity index is 757. The van der Waals surface area contributed by atoms with Gasteiger partial charge in [-0.1, -0.05) is 17.7 Å². The van der Waals surface area contributed by atoms with Crippen LogP contribution in [0.25, 0.3) is 0 Å². The van der Waals surface area contributed by atoms with E-state index in [0.29, 0.717) is 0 Å². The van der Waals surface area contributed by atoms with E-state index in [1.807, 2.05) is 0 Å². The molecule has 1 aliphatic carbocycles. The van der Waals surface area contributed by atoms with Gasteiger partial charge >= 0.3 is 18.1 Å². The maximum atomic E-state index is 13.1. The lowest BCUT2D eigenvalue weighted by atomic mass is 9.77. The quantitative estimate of drug-likeness (QED) is 0.787. The summed E-state index contributed by atoms with van der Waals surface area (Å²) in [6, 6.07) is 3.18. The number of ether oxygens (including phenoxy) is 2. The molecule has 142 valence electrons. The Balaban J connectivity index is 2.55. The monoisotopic (exact) mass is 392 g/mol. The van der Waals surface area contributed by atoms with E-state index in [2.05, 4.69) is 9.47 Å². The molecule has 0 saturated carbocycles. The van der Waals surface area contributed by atoms with Gasteiger partial charge in [-0.3, -0.25) is 4.79 Å². The summed E-state index contributed by atoms with van der Waals surface area (Å²) in [7, 11) is 2.26. The highest BCUT2D eigenvalue weighted by Gasteiger charge is 2.39. The Morgan fingerprint density at radius 3 is 2.42 bits per heavy atom. The van der Waals surface area contributed by atoms with Gasteiger partial charge < -0.3 is 14.6 Å². The lowest BCUT2D eigenvalue weighted by Gasteiger charge is -2.29. The van der Waals surface area contributed by atoms with Gasteiger partial charge in [0.05, 0.1) is 36.3 Å². The van der Waals surface area contributed by atoms with Gasteiger partial charge in [-0.25, -0.2) is 4.79 Å². The second-order valence-electron chi connectivity index (χ2n) is 5.80. The van der Waals surface area contributed by atoms with E-state index in [1.54, 1.807) is 0 Å². The number of hydrogen-bond donors (Lipinski definition) is 1. The molecular weight excluding hydrogens is 377 g/mol. The Labute approximate surface area is 152 Å². The number of aliphatic hydroxyl groups is 1. The van der Waals surface area contributed by atoms with Crippen LogP contribution < -0.4 is 0 Å². The highest BCUT2D eigenvalue weighted by Crippen LogP contribution is 2.43. The van der Waals surface area contributed by atoms with Crippen molar-refractivity contribution >= 4 is 23.5 Å². The molecule has 1 aromatic carbocycles. The number of alkyl halides is 3. The van der Waals surface area contributed by atoms with Crippen molar-refractivity contribution in [1.29, 1.82) is 0 Å². The minimum atomic E-state index is -4.69. The molecule has 0 aliphatic heterocycles. The van der Waals surface area contributed by atoms with Crippen LogP contribution >= 0.6 is 11.6 Å². The van der Waals surface area contributed by atoms with Gasteiger partial charge in [-0.2, -0.15) is 13.2 Å². The first-order valence-electron chi connectivity index (χ1n) is 7.54. The zero-order valence-corrected chi connectivity index (χ0v) is 14.6. The fourth-order valence-electron chi connectivity index (χ4n) is 2.97. The molecule has 0 aromatic heterocycles. The van der Waals surface area contributed by atoms with Crippen molar-refractivity contribution in [2.45, 2.75) is 24.9 Å². The van der Waals surface area contributed by atoms with Crippen LogP contribution in [0.3, 0.4) is 0 Å². The lowest BCUT2D eigenvalue weighted by Crippen LogP contribution is -2.28. The lowest BCUT2D eigenvalue weighted by molar-refractivity contribution is -0.146. The molecule has 2 unspecified atom stereocenters. The van der Waals surface area contributed by atoms with Gasteiger partial charge in [-0.15, -0.1) is 0 Å². The van der Waals surface area contributed by atoms with Gasteiger partial charge in [0, 0.05) is 5.92 Å². The molecular formula is C17H16ClF3O5. The number of benzene rings is 1. The number of carbonyl (C=O) groups excluding carboxylic acids is 2. The van der Waals surface area contributed by atoms with Crippen LogP contribution in [0, 0.1) is 5.92 Å². The van der Waals surface area contributed by atoms with Crippen LogP contribution in [0.1, 0.15) is 29.9 Å². The molecule has 2 atom stereocenters. The largest absolute Gasteiger partial charge is 0.511 e. The van der Waals surface area contributed by atoms with Gasteiger partial charge in [0.15, 0.2) is 0 Å². The van der Waals surface area contributed by atoms with Gasteiger partial charge in [0.25, 0.3) is 0 Å². The van der Waals surface area contributed by atoms with E-state index in [9.17, 15) is 27.9 Å². The predicted molar refractivity (Wildman–Crippen MR) is 85.6 cm³/mol. The number of rotatable bonds is 3. The minimum Gasteiger partial charge on any atom is -0.511 e. The second kappa shape index (κ2) is 7.57. The number of aliphatic hydroxyl groups excluding tert-OH is 1. The maximum absolute atomic E-state index is 13.1. The number of allylic oxidation sites excluding steroid dienone is 1. The summed E-state index contributed by atoms with van der Waals surface area (Å²) in [6.45, 7) is 0.